The van der Waals surface area contributed by atoms with E-state index < -0.39 is 22.0 Å². The number of amides is 1. The van der Waals surface area contributed by atoms with Crippen LogP contribution in [0.4, 0.5) is 5.69 Å². The van der Waals surface area contributed by atoms with Gasteiger partial charge in [0.05, 0.1) is 4.90 Å². The molecule has 1 amide bonds. The molecule has 33 heavy (non-hydrogen) atoms. The van der Waals surface area contributed by atoms with E-state index in [-0.39, 0.29) is 16.4 Å². The molecule has 0 fully saturated rings. The van der Waals surface area contributed by atoms with Gasteiger partial charge in [-0.25, -0.2) is 8.42 Å². The van der Waals surface area contributed by atoms with E-state index in [1.165, 1.54) is 30.0 Å². The second-order valence-corrected chi connectivity index (χ2v) is 10.3. The number of ether oxygens (including phenoxy) is 2. The van der Waals surface area contributed by atoms with E-state index in [0.717, 1.165) is 11.3 Å². The third kappa shape index (κ3) is 6.97. The number of carbonyl (C=O) groups excluding carboxylic acids is 1. The molecular weight excluding hydrogens is 484 g/mol. The number of rotatable bonds is 8. The standard InChI is InChI=1S/C21H26N4O5S3/c1-14-5-3-4-6-16(14)22-21(31)24-23-20(26)17(9-12-32-2)25-33(27,28)15-7-8-18-19(13-15)30-11-10-29-18/h3-8,13,17,25H,9-12H2,1-2H3,(H,23,26)(H2,22,24,31)/t17-/m1/s1. The highest BCUT2D eigenvalue weighted by atomic mass is 32.2. The van der Waals surface area contributed by atoms with Crippen LogP contribution in [0.1, 0.15) is 12.0 Å². The maximum absolute atomic E-state index is 13.0. The van der Waals surface area contributed by atoms with E-state index in [2.05, 4.69) is 20.9 Å². The van der Waals surface area contributed by atoms with Gasteiger partial charge in [-0.15, -0.1) is 0 Å². The Morgan fingerprint density at radius 2 is 1.85 bits per heavy atom. The number of hydrogen-bond donors (Lipinski definition) is 4. The van der Waals surface area contributed by atoms with Gasteiger partial charge in [-0.2, -0.15) is 16.5 Å². The Morgan fingerprint density at radius 3 is 2.58 bits per heavy atom. The number of thiocarbonyl (C=S) groups is 1. The average Bonchev–Trinajstić information content (AvgIpc) is 2.81. The highest BCUT2D eigenvalue weighted by Gasteiger charge is 2.27. The summed E-state index contributed by atoms with van der Waals surface area (Å²) in [6.07, 6.45) is 2.17. The van der Waals surface area contributed by atoms with Gasteiger partial charge in [-0.1, -0.05) is 18.2 Å². The van der Waals surface area contributed by atoms with Crippen LogP contribution in [0.3, 0.4) is 0 Å². The molecule has 1 aliphatic heterocycles. The molecule has 3 rings (SSSR count). The van der Waals surface area contributed by atoms with Gasteiger partial charge in [0.2, 0.25) is 10.0 Å². The smallest absolute Gasteiger partial charge is 0.256 e. The quantitative estimate of drug-likeness (QED) is 0.313. The molecule has 2 aromatic rings. The largest absolute Gasteiger partial charge is 0.486 e. The van der Waals surface area contributed by atoms with Crippen molar-refractivity contribution in [3.63, 3.8) is 0 Å². The van der Waals surface area contributed by atoms with E-state index in [4.69, 9.17) is 21.7 Å². The van der Waals surface area contributed by atoms with Crippen LogP contribution < -0.4 is 30.4 Å². The molecule has 0 spiro atoms. The summed E-state index contributed by atoms with van der Waals surface area (Å²) in [6, 6.07) is 10.9. The summed E-state index contributed by atoms with van der Waals surface area (Å²) >= 11 is 6.73. The second kappa shape index (κ2) is 11.5. The number of aryl methyl sites for hydroxylation is 1. The number of nitrogens with one attached hydrogen (secondary N) is 4. The van der Waals surface area contributed by atoms with Crippen molar-refractivity contribution in [3.8, 4) is 11.5 Å². The molecule has 2 aromatic carbocycles. The fourth-order valence-corrected chi connectivity index (χ4v) is 4.87. The summed E-state index contributed by atoms with van der Waals surface area (Å²) < 4.78 is 39.3. The summed E-state index contributed by atoms with van der Waals surface area (Å²) in [5, 5.41) is 3.16. The topological polar surface area (TPSA) is 118 Å². The van der Waals surface area contributed by atoms with Gasteiger partial charge in [-0.05, 0) is 61.3 Å². The molecule has 0 aliphatic carbocycles. The Labute approximate surface area is 203 Å². The minimum absolute atomic E-state index is 0.0154. The molecule has 0 aromatic heterocycles. The molecule has 0 bridgehead atoms. The van der Waals surface area contributed by atoms with Crippen molar-refractivity contribution in [2.24, 2.45) is 0 Å². The lowest BCUT2D eigenvalue weighted by molar-refractivity contribution is -0.123. The predicted octanol–water partition coefficient (Wildman–Crippen LogP) is 2.18. The lowest BCUT2D eigenvalue weighted by atomic mass is 10.2. The highest BCUT2D eigenvalue weighted by molar-refractivity contribution is 7.98. The van der Waals surface area contributed by atoms with Crippen LogP contribution in [0.25, 0.3) is 0 Å². The second-order valence-electron chi connectivity index (χ2n) is 7.14. The van der Waals surface area contributed by atoms with Gasteiger partial charge in [-0.3, -0.25) is 15.6 Å². The Kier molecular flexibility index (Phi) is 8.78. The van der Waals surface area contributed by atoms with Gasteiger partial charge in [0.1, 0.15) is 19.3 Å². The van der Waals surface area contributed by atoms with Gasteiger partial charge >= 0.3 is 0 Å². The van der Waals surface area contributed by atoms with Crippen molar-refractivity contribution >= 4 is 50.7 Å². The average molecular weight is 511 g/mol. The van der Waals surface area contributed by atoms with Crippen LogP contribution in [-0.4, -0.2) is 50.7 Å². The summed E-state index contributed by atoms with van der Waals surface area (Å²) in [6.45, 7) is 2.67. The number of hydrazine groups is 1. The van der Waals surface area contributed by atoms with E-state index >= 15 is 0 Å². The van der Waals surface area contributed by atoms with E-state index in [1.54, 1.807) is 0 Å². The molecule has 0 saturated carbocycles. The van der Waals surface area contributed by atoms with Gasteiger partial charge in [0.25, 0.3) is 5.91 Å². The number of anilines is 1. The monoisotopic (exact) mass is 510 g/mol. The van der Waals surface area contributed by atoms with Crippen LogP contribution in [0.2, 0.25) is 0 Å². The van der Waals surface area contributed by atoms with Crippen LogP contribution in [0.15, 0.2) is 47.4 Å². The zero-order valence-electron chi connectivity index (χ0n) is 18.2. The number of benzene rings is 2. The number of fused-ring (bicyclic) bond motifs is 1. The van der Waals surface area contributed by atoms with Gasteiger partial charge < -0.3 is 14.8 Å². The fourth-order valence-electron chi connectivity index (χ4n) is 3.00. The van der Waals surface area contributed by atoms with Crippen molar-refractivity contribution in [3.05, 3.63) is 48.0 Å². The predicted molar refractivity (Wildman–Crippen MR) is 133 cm³/mol. The zero-order chi connectivity index (χ0) is 23.8. The number of thioether (sulfide) groups is 1. The SMILES string of the molecule is CSCC[C@@H](NS(=O)(=O)c1ccc2c(c1)OCCO2)C(=O)NNC(=S)Nc1ccccc1C. The Balaban J connectivity index is 1.65. The van der Waals surface area contributed by atoms with Crippen molar-refractivity contribution in [1.29, 1.82) is 0 Å². The molecule has 1 heterocycles. The molecule has 1 aliphatic rings. The third-order valence-electron chi connectivity index (χ3n) is 4.74. The lowest BCUT2D eigenvalue weighted by Gasteiger charge is -2.21. The molecule has 1 atom stereocenters. The minimum Gasteiger partial charge on any atom is -0.486 e. The molecule has 0 unspecified atom stereocenters. The van der Waals surface area contributed by atoms with Crippen LogP contribution >= 0.6 is 24.0 Å². The normalized spacial score (nSPS) is 13.6. The molecule has 0 saturated heterocycles. The first-order valence-electron chi connectivity index (χ1n) is 10.1. The molecule has 9 nitrogen and oxygen atoms in total. The Hall–Kier alpha value is -2.54. The van der Waals surface area contributed by atoms with Crippen molar-refractivity contribution in [1.82, 2.24) is 15.6 Å². The van der Waals surface area contributed by atoms with Gasteiger partial charge in [0.15, 0.2) is 16.6 Å². The van der Waals surface area contributed by atoms with Gasteiger partial charge in [0, 0.05) is 11.8 Å². The van der Waals surface area contributed by atoms with Crippen LogP contribution in [0.5, 0.6) is 11.5 Å². The zero-order valence-corrected chi connectivity index (χ0v) is 20.7. The maximum atomic E-state index is 13.0. The van der Waals surface area contributed by atoms with Crippen LogP contribution in [0, 0.1) is 6.92 Å². The fraction of sp³-hybridized carbons (Fsp3) is 0.333. The van der Waals surface area contributed by atoms with E-state index in [1.807, 2.05) is 37.4 Å². The first-order valence-corrected chi connectivity index (χ1v) is 13.4. The first kappa shape index (κ1) is 25.1. The summed E-state index contributed by atoms with van der Waals surface area (Å²) in [4.78, 5) is 12.8. The van der Waals surface area contributed by atoms with Crippen molar-refractivity contribution in [2.75, 3.05) is 30.5 Å². The highest BCUT2D eigenvalue weighted by Crippen LogP contribution is 2.32. The van der Waals surface area contributed by atoms with E-state index in [9.17, 15) is 13.2 Å². The Morgan fingerprint density at radius 1 is 1.12 bits per heavy atom. The summed E-state index contributed by atoms with van der Waals surface area (Å²) in [7, 11) is -3.99. The molecular formula is C21H26N4O5S3. The summed E-state index contributed by atoms with van der Waals surface area (Å²) in [5.41, 5.74) is 6.88. The van der Waals surface area contributed by atoms with Crippen molar-refractivity contribution < 1.29 is 22.7 Å². The number of para-hydroxylation sites is 1. The maximum Gasteiger partial charge on any atom is 0.256 e. The summed E-state index contributed by atoms with van der Waals surface area (Å²) in [5.74, 6) is 0.853. The van der Waals surface area contributed by atoms with Crippen molar-refractivity contribution in [2.45, 2.75) is 24.3 Å². The van der Waals surface area contributed by atoms with E-state index in [0.29, 0.717) is 30.5 Å². The number of carbonyl (C=O) groups is 1. The lowest BCUT2D eigenvalue weighted by Crippen LogP contribution is -2.53. The minimum atomic E-state index is -3.99. The molecule has 178 valence electrons. The van der Waals surface area contributed by atoms with Crippen LogP contribution in [-0.2, 0) is 14.8 Å². The number of sulfonamides is 1. The molecule has 0 radical (unpaired) electrons. The first-order chi connectivity index (χ1) is 15.8. The molecule has 4 N–H and O–H groups in total. The molecule has 12 heteroatoms. The Bertz CT molecular complexity index is 1110. The third-order valence-corrected chi connectivity index (χ3v) is 7.06. The number of hydrogen-bond acceptors (Lipinski definition) is 7.